The van der Waals surface area contributed by atoms with E-state index in [9.17, 15) is 9.59 Å². The number of aryl methyl sites for hydroxylation is 1. The molecule has 0 saturated carbocycles. The highest BCUT2D eigenvalue weighted by atomic mass is 16.6. The molecule has 5 heteroatoms. The van der Waals surface area contributed by atoms with Crippen LogP contribution in [-0.4, -0.2) is 24.1 Å². The monoisotopic (exact) mass is 304 g/mol. The Kier molecular flexibility index (Phi) is 5.06. The maximum absolute atomic E-state index is 12.0. The Hall–Kier alpha value is -2.04. The van der Waals surface area contributed by atoms with E-state index in [1.165, 1.54) is 11.1 Å². The predicted octanol–water partition coefficient (Wildman–Crippen LogP) is 2.70. The van der Waals surface area contributed by atoms with E-state index in [0.717, 1.165) is 12.8 Å². The van der Waals surface area contributed by atoms with Gasteiger partial charge in [-0.1, -0.05) is 24.3 Å². The molecule has 1 aliphatic rings. The lowest BCUT2D eigenvalue weighted by molar-refractivity contribution is -0.121. The molecule has 1 atom stereocenters. The van der Waals surface area contributed by atoms with Crippen molar-refractivity contribution in [3.8, 4) is 0 Å². The van der Waals surface area contributed by atoms with Crippen LogP contribution in [-0.2, 0) is 16.0 Å². The van der Waals surface area contributed by atoms with Crippen molar-refractivity contribution < 1.29 is 14.3 Å². The Balaban J connectivity index is 1.72. The molecule has 1 aromatic carbocycles. The zero-order valence-corrected chi connectivity index (χ0v) is 13.4. The first-order valence-corrected chi connectivity index (χ1v) is 7.69. The van der Waals surface area contributed by atoms with Crippen molar-refractivity contribution in [1.82, 2.24) is 10.6 Å². The van der Waals surface area contributed by atoms with E-state index >= 15 is 0 Å². The van der Waals surface area contributed by atoms with Gasteiger partial charge in [0.1, 0.15) is 5.60 Å². The largest absolute Gasteiger partial charge is 0.444 e. The van der Waals surface area contributed by atoms with Crippen molar-refractivity contribution in [2.24, 2.45) is 0 Å². The molecule has 22 heavy (non-hydrogen) atoms. The van der Waals surface area contributed by atoms with Gasteiger partial charge in [-0.15, -0.1) is 0 Å². The fourth-order valence-electron chi connectivity index (χ4n) is 2.57. The third-order valence-corrected chi connectivity index (χ3v) is 3.49. The number of fused-ring (bicyclic) bond motifs is 1. The van der Waals surface area contributed by atoms with E-state index in [1.54, 1.807) is 20.8 Å². The number of amides is 2. The highest BCUT2D eigenvalue weighted by Gasteiger charge is 2.23. The number of hydrogen-bond acceptors (Lipinski definition) is 3. The van der Waals surface area contributed by atoms with E-state index in [2.05, 4.69) is 22.8 Å². The lowest BCUT2D eigenvalue weighted by Crippen LogP contribution is -2.35. The second kappa shape index (κ2) is 6.81. The summed E-state index contributed by atoms with van der Waals surface area (Å²) in [5.74, 6) is -0.0576. The summed E-state index contributed by atoms with van der Waals surface area (Å²) in [4.78, 5) is 23.5. The Morgan fingerprint density at radius 1 is 1.27 bits per heavy atom. The molecule has 0 unspecified atom stereocenters. The van der Waals surface area contributed by atoms with Crippen LogP contribution in [0.3, 0.4) is 0 Å². The smallest absolute Gasteiger partial charge is 0.407 e. The normalized spacial score (nSPS) is 16.8. The first-order valence-electron chi connectivity index (χ1n) is 7.69. The summed E-state index contributed by atoms with van der Waals surface area (Å²) in [6, 6.07) is 8.27. The van der Waals surface area contributed by atoms with Gasteiger partial charge < -0.3 is 15.4 Å². The van der Waals surface area contributed by atoms with Gasteiger partial charge in [-0.05, 0) is 44.7 Å². The highest BCUT2D eigenvalue weighted by molar-refractivity contribution is 5.77. The minimum atomic E-state index is -0.528. The van der Waals surface area contributed by atoms with Crippen LogP contribution in [0.5, 0.6) is 0 Å². The topological polar surface area (TPSA) is 67.4 Å². The average Bonchev–Trinajstić information content (AvgIpc) is 2.80. The van der Waals surface area contributed by atoms with Crippen LogP contribution in [0.1, 0.15) is 50.8 Å². The maximum atomic E-state index is 12.0. The summed E-state index contributed by atoms with van der Waals surface area (Å²) < 4.78 is 5.12. The Bertz CT molecular complexity index is 549. The molecule has 0 fully saturated rings. The molecule has 2 rings (SSSR count). The van der Waals surface area contributed by atoms with E-state index < -0.39 is 11.7 Å². The average molecular weight is 304 g/mol. The maximum Gasteiger partial charge on any atom is 0.407 e. The van der Waals surface area contributed by atoms with Crippen LogP contribution < -0.4 is 10.6 Å². The summed E-state index contributed by atoms with van der Waals surface area (Å²) in [6.45, 7) is 5.68. The van der Waals surface area contributed by atoms with Gasteiger partial charge in [0.25, 0.3) is 0 Å². The van der Waals surface area contributed by atoms with Crippen molar-refractivity contribution in [3.63, 3.8) is 0 Å². The molecule has 5 nitrogen and oxygen atoms in total. The molecule has 0 bridgehead atoms. The molecule has 0 aliphatic heterocycles. The Labute approximate surface area is 131 Å². The predicted molar refractivity (Wildman–Crippen MR) is 84.5 cm³/mol. The molecular weight excluding hydrogens is 280 g/mol. The molecule has 2 N–H and O–H groups in total. The van der Waals surface area contributed by atoms with Crippen LogP contribution in [0.15, 0.2) is 24.3 Å². The first-order chi connectivity index (χ1) is 10.3. The van der Waals surface area contributed by atoms with Crippen LogP contribution in [0.25, 0.3) is 0 Å². The SMILES string of the molecule is CC(C)(C)OC(=O)NCCC(=O)N[C@H]1CCc2ccccc21. The number of hydrogen-bond donors (Lipinski definition) is 2. The van der Waals surface area contributed by atoms with E-state index in [4.69, 9.17) is 4.74 Å². The summed E-state index contributed by atoms with van der Waals surface area (Å²) >= 11 is 0. The van der Waals surface area contributed by atoms with Crippen molar-refractivity contribution in [2.45, 2.75) is 51.7 Å². The van der Waals surface area contributed by atoms with Crippen LogP contribution >= 0.6 is 0 Å². The van der Waals surface area contributed by atoms with Crippen molar-refractivity contribution >= 4 is 12.0 Å². The molecule has 0 spiro atoms. The lowest BCUT2D eigenvalue weighted by atomic mass is 10.1. The van der Waals surface area contributed by atoms with Gasteiger partial charge in [-0.2, -0.15) is 0 Å². The number of rotatable bonds is 4. The van der Waals surface area contributed by atoms with Gasteiger partial charge in [-0.3, -0.25) is 4.79 Å². The van der Waals surface area contributed by atoms with Gasteiger partial charge in [-0.25, -0.2) is 4.79 Å². The van der Waals surface area contributed by atoms with Gasteiger partial charge >= 0.3 is 6.09 Å². The zero-order chi connectivity index (χ0) is 16.2. The molecule has 0 aromatic heterocycles. The number of carbonyl (C=O) groups is 2. The number of alkyl carbamates (subject to hydrolysis) is 1. The fourth-order valence-corrected chi connectivity index (χ4v) is 2.57. The van der Waals surface area contributed by atoms with Gasteiger partial charge in [0.15, 0.2) is 0 Å². The number of ether oxygens (including phenoxy) is 1. The van der Waals surface area contributed by atoms with E-state index in [-0.39, 0.29) is 24.9 Å². The molecule has 0 heterocycles. The molecule has 0 radical (unpaired) electrons. The summed E-state index contributed by atoms with van der Waals surface area (Å²) in [5.41, 5.74) is 1.98. The van der Waals surface area contributed by atoms with Gasteiger partial charge in [0.05, 0.1) is 6.04 Å². The minimum absolute atomic E-state index is 0.0576. The minimum Gasteiger partial charge on any atom is -0.444 e. The molecule has 2 amide bonds. The quantitative estimate of drug-likeness (QED) is 0.898. The fraction of sp³-hybridized carbons (Fsp3) is 0.529. The highest BCUT2D eigenvalue weighted by Crippen LogP contribution is 2.30. The van der Waals surface area contributed by atoms with Crippen LogP contribution in [0.4, 0.5) is 4.79 Å². The molecule has 1 aromatic rings. The molecule has 1 aliphatic carbocycles. The second-order valence-electron chi connectivity index (χ2n) is 6.54. The number of nitrogens with one attached hydrogen (secondary N) is 2. The van der Waals surface area contributed by atoms with Crippen molar-refractivity contribution in [1.29, 1.82) is 0 Å². The third kappa shape index (κ3) is 4.76. The summed E-state index contributed by atoms with van der Waals surface area (Å²) in [5, 5.41) is 5.62. The standard InChI is InChI=1S/C17H24N2O3/c1-17(2,3)22-16(21)18-11-10-15(20)19-14-9-8-12-6-4-5-7-13(12)14/h4-7,14H,8-11H2,1-3H3,(H,18,21)(H,19,20)/t14-/m0/s1. The number of carbonyl (C=O) groups excluding carboxylic acids is 2. The third-order valence-electron chi connectivity index (χ3n) is 3.49. The molecular formula is C17H24N2O3. The molecule has 0 saturated heterocycles. The lowest BCUT2D eigenvalue weighted by Gasteiger charge is -2.19. The van der Waals surface area contributed by atoms with Crippen LogP contribution in [0.2, 0.25) is 0 Å². The van der Waals surface area contributed by atoms with E-state index in [1.807, 2.05) is 12.1 Å². The second-order valence-corrected chi connectivity index (χ2v) is 6.54. The van der Waals surface area contributed by atoms with Crippen molar-refractivity contribution in [3.05, 3.63) is 35.4 Å². The van der Waals surface area contributed by atoms with Gasteiger partial charge in [0.2, 0.25) is 5.91 Å². The first kappa shape index (κ1) is 16.3. The van der Waals surface area contributed by atoms with Gasteiger partial charge in [0, 0.05) is 13.0 Å². The Morgan fingerprint density at radius 2 is 2.00 bits per heavy atom. The number of benzene rings is 1. The van der Waals surface area contributed by atoms with Crippen molar-refractivity contribution in [2.75, 3.05) is 6.54 Å². The van der Waals surface area contributed by atoms with Crippen LogP contribution in [0, 0.1) is 0 Å². The zero-order valence-electron chi connectivity index (χ0n) is 13.4. The summed E-state index contributed by atoms with van der Waals surface area (Å²) in [7, 11) is 0. The summed E-state index contributed by atoms with van der Waals surface area (Å²) in [6.07, 6.45) is 1.69. The Morgan fingerprint density at radius 3 is 2.73 bits per heavy atom. The molecule has 120 valence electrons. The van der Waals surface area contributed by atoms with E-state index in [0.29, 0.717) is 0 Å².